The standard InChI is InChI=1S/C15H21N5O/c1-3-11-8-12-14(19-15(21)17-12)18-13(11)16-9-10-4-6-20(2)7-5-10/h4,8H,3,5-7,9H2,1-2H3,(H3,16,17,18,19,21). The van der Waals surface area contributed by atoms with Crippen molar-refractivity contribution in [3.05, 3.63) is 33.8 Å². The van der Waals surface area contributed by atoms with Crippen molar-refractivity contribution in [2.24, 2.45) is 0 Å². The molecular formula is C15H21N5O. The Bertz CT molecular complexity index is 727. The van der Waals surface area contributed by atoms with Crippen molar-refractivity contribution in [1.29, 1.82) is 0 Å². The van der Waals surface area contributed by atoms with Crippen LogP contribution in [-0.2, 0) is 6.42 Å². The maximum Gasteiger partial charge on any atom is 0.325 e. The van der Waals surface area contributed by atoms with Gasteiger partial charge in [0, 0.05) is 19.6 Å². The summed E-state index contributed by atoms with van der Waals surface area (Å²) in [6.45, 7) is 5.02. The van der Waals surface area contributed by atoms with Crippen molar-refractivity contribution < 1.29 is 0 Å². The molecule has 0 saturated carbocycles. The van der Waals surface area contributed by atoms with Crippen LogP contribution in [0.3, 0.4) is 0 Å². The molecule has 0 fully saturated rings. The molecule has 3 N–H and O–H groups in total. The van der Waals surface area contributed by atoms with E-state index < -0.39 is 0 Å². The minimum absolute atomic E-state index is 0.213. The van der Waals surface area contributed by atoms with Gasteiger partial charge in [0.25, 0.3) is 0 Å². The number of fused-ring (bicyclic) bond motifs is 1. The molecule has 0 saturated heterocycles. The van der Waals surface area contributed by atoms with Crippen LogP contribution in [0.5, 0.6) is 0 Å². The maximum atomic E-state index is 11.4. The van der Waals surface area contributed by atoms with Gasteiger partial charge in [-0.15, -0.1) is 0 Å². The second kappa shape index (κ2) is 5.73. The molecule has 1 aliphatic heterocycles. The molecule has 0 atom stereocenters. The van der Waals surface area contributed by atoms with Crippen molar-refractivity contribution >= 4 is 17.0 Å². The fraction of sp³-hybridized carbons (Fsp3) is 0.467. The predicted molar refractivity (Wildman–Crippen MR) is 84.8 cm³/mol. The molecule has 112 valence electrons. The molecule has 6 nitrogen and oxygen atoms in total. The number of aryl methyl sites for hydroxylation is 1. The number of aromatic amines is 2. The van der Waals surface area contributed by atoms with Crippen LogP contribution in [0.15, 0.2) is 22.5 Å². The Labute approximate surface area is 123 Å². The summed E-state index contributed by atoms with van der Waals surface area (Å²) in [4.78, 5) is 23.6. The van der Waals surface area contributed by atoms with Gasteiger partial charge in [0.2, 0.25) is 0 Å². The molecule has 1 aliphatic rings. The molecule has 0 aliphatic carbocycles. The summed E-state index contributed by atoms with van der Waals surface area (Å²) in [7, 11) is 2.13. The van der Waals surface area contributed by atoms with Gasteiger partial charge in [-0.25, -0.2) is 9.78 Å². The van der Waals surface area contributed by atoms with E-state index in [4.69, 9.17) is 0 Å². The van der Waals surface area contributed by atoms with Gasteiger partial charge in [0.05, 0.1) is 5.52 Å². The lowest BCUT2D eigenvalue weighted by atomic mass is 10.1. The Morgan fingerprint density at radius 3 is 3.00 bits per heavy atom. The van der Waals surface area contributed by atoms with Crippen molar-refractivity contribution in [2.45, 2.75) is 19.8 Å². The molecule has 6 heteroatoms. The van der Waals surface area contributed by atoms with Crippen molar-refractivity contribution in [3.8, 4) is 0 Å². The first-order chi connectivity index (χ1) is 10.2. The number of imidazole rings is 1. The molecule has 2 aromatic heterocycles. The number of hydrogen-bond acceptors (Lipinski definition) is 4. The highest BCUT2D eigenvalue weighted by Gasteiger charge is 2.10. The fourth-order valence-electron chi connectivity index (χ4n) is 2.60. The van der Waals surface area contributed by atoms with Crippen LogP contribution in [0.1, 0.15) is 18.9 Å². The zero-order valence-electron chi connectivity index (χ0n) is 12.5. The van der Waals surface area contributed by atoms with Gasteiger partial charge in [-0.3, -0.25) is 4.98 Å². The highest BCUT2D eigenvalue weighted by Crippen LogP contribution is 2.19. The van der Waals surface area contributed by atoms with Crippen LogP contribution >= 0.6 is 0 Å². The molecule has 0 spiro atoms. The highest BCUT2D eigenvalue weighted by molar-refractivity contribution is 5.74. The number of rotatable bonds is 4. The van der Waals surface area contributed by atoms with Gasteiger partial charge in [-0.1, -0.05) is 18.6 Å². The van der Waals surface area contributed by atoms with Crippen molar-refractivity contribution in [1.82, 2.24) is 19.9 Å². The lowest BCUT2D eigenvalue weighted by Crippen LogP contribution is -2.26. The smallest absolute Gasteiger partial charge is 0.325 e. The number of H-pyrrole nitrogens is 2. The summed E-state index contributed by atoms with van der Waals surface area (Å²) in [5.74, 6) is 0.861. The minimum atomic E-state index is -0.213. The third kappa shape index (κ3) is 3.00. The molecule has 2 aromatic rings. The summed E-state index contributed by atoms with van der Waals surface area (Å²) >= 11 is 0. The van der Waals surface area contributed by atoms with Crippen LogP contribution in [0, 0.1) is 0 Å². The zero-order valence-corrected chi connectivity index (χ0v) is 12.5. The van der Waals surface area contributed by atoms with Gasteiger partial charge < -0.3 is 15.2 Å². The van der Waals surface area contributed by atoms with E-state index in [1.165, 1.54) is 5.57 Å². The van der Waals surface area contributed by atoms with Gasteiger partial charge in [0.15, 0.2) is 5.65 Å². The molecule has 0 aromatic carbocycles. The summed E-state index contributed by atoms with van der Waals surface area (Å²) in [5.41, 5.74) is 3.69. The van der Waals surface area contributed by atoms with Gasteiger partial charge in [-0.2, -0.15) is 0 Å². The van der Waals surface area contributed by atoms with Gasteiger partial charge in [0.1, 0.15) is 5.82 Å². The highest BCUT2D eigenvalue weighted by atomic mass is 16.1. The van der Waals surface area contributed by atoms with Crippen molar-refractivity contribution in [2.75, 3.05) is 32.0 Å². The number of anilines is 1. The Morgan fingerprint density at radius 2 is 2.29 bits per heavy atom. The second-order valence-electron chi connectivity index (χ2n) is 5.55. The Hall–Kier alpha value is -2.08. The quantitative estimate of drug-likeness (QED) is 0.745. The maximum absolute atomic E-state index is 11.4. The van der Waals surface area contributed by atoms with Crippen LogP contribution in [0.25, 0.3) is 11.2 Å². The topological polar surface area (TPSA) is 76.8 Å². The van der Waals surface area contributed by atoms with E-state index in [0.717, 1.165) is 49.4 Å². The van der Waals surface area contributed by atoms with Crippen molar-refractivity contribution in [3.63, 3.8) is 0 Å². The molecular weight excluding hydrogens is 266 g/mol. The van der Waals surface area contributed by atoms with Crippen LogP contribution in [0.4, 0.5) is 5.82 Å². The Balaban J connectivity index is 1.80. The molecule has 0 radical (unpaired) electrons. The largest absolute Gasteiger partial charge is 0.366 e. The zero-order chi connectivity index (χ0) is 14.8. The number of nitrogens with one attached hydrogen (secondary N) is 3. The summed E-state index contributed by atoms with van der Waals surface area (Å²) in [5, 5.41) is 3.42. The first kappa shape index (κ1) is 13.9. The van der Waals surface area contributed by atoms with Crippen LogP contribution in [0.2, 0.25) is 0 Å². The van der Waals surface area contributed by atoms with E-state index in [0.29, 0.717) is 5.65 Å². The van der Waals surface area contributed by atoms with E-state index in [1.807, 2.05) is 6.07 Å². The van der Waals surface area contributed by atoms with E-state index in [9.17, 15) is 4.79 Å². The molecule has 0 unspecified atom stereocenters. The molecule has 21 heavy (non-hydrogen) atoms. The van der Waals surface area contributed by atoms with Gasteiger partial charge in [-0.05, 0) is 31.5 Å². The Kier molecular flexibility index (Phi) is 3.79. The van der Waals surface area contributed by atoms with E-state index in [-0.39, 0.29) is 5.69 Å². The van der Waals surface area contributed by atoms with Crippen LogP contribution in [-0.4, -0.2) is 46.5 Å². The number of hydrogen-bond donors (Lipinski definition) is 3. The molecule has 0 bridgehead atoms. The summed E-state index contributed by atoms with van der Waals surface area (Å²) in [6.07, 6.45) is 4.24. The molecule has 3 heterocycles. The van der Waals surface area contributed by atoms with E-state index in [2.05, 4.69) is 45.2 Å². The number of nitrogens with zero attached hydrogens (tertiary/aromatic N) is 2. The van der Waals surface area contributed by atoms with Gasteiger partial charge >= 0.3 is 5.69 Å². The average Bonchev–Trinajstić information content (AvgIpc) is 2.84. The number of aromatic nitrogens is 3. The second-order valence-corrected chi connectivity index (χ2v) is 5.55. The van der Waals surface area contributed by atoms with Crippen LogP contribution < -0.4 is 11.0 Å². The number of pyridine rings is 1. The Morgan fingerprint density at radius 1 is 1.43 bits per heavy atom. The first-order valence-electron chi connectivity index (χ1n) is 7.38. The van der Waals surface area contributed by atoms with E-state index >= 15 is 0 Å². The normalized spacial score (nSPS) is 16.2. The first-order valence-corrected chi connectivity index (χ1v) is 7.38. The average molecular weight is 287 g/mol. The summed E-state index contributed by atoms with van der Waals surface area (Å²) in [6, 6.07) is 1.99. The lowest BCUT2D eigenvalue weighted by Gasteiger charge is -2.22. The predicted octanol–water partition coefficient (Wildman–Crippen LogP) is 1.49. The third-order valence-electron chi connectivity index (χ3n) is 3.95. The lowest BCUT2D eigenvalue weighted by molar-refractivity contribution is 0.358. The minimum Gasteiger partial charge on any atom is -0.366 e. The monoisotopic (exact) mass is 287 g/mol. The van der Waals surface area contributed by atoms with E-state index in [1.54, 1.807) is 0 Å². The number of likely N-dealkylation sites (N-methyl/N-ethyl adjacent to an activating group) is 1. The molecule has 0 amide bonds. The third-order valence-corrected chi connectivity index (χ3v) is 3.95. The molecule has 3 rings (SSSR count). The SMILES string of the molecule is CCc1cc2[nH]c(=O)[nH]c2nc1NCC1=CCN(C)CC1. The summed E-state index contributed by atoms with van der Waals surface area (Å²) < 4.78 is 0. The fourth-order valence-corrected chi connectivity index (χ4v) is 2.60.